The SMILES string of the molecule is Cc1ccc(CSCCNC(=O)C(C)N(c2ccc(Oc3ccccc3)cc2)S(C)(=O)=O)cc1. The molecule has 0 aliphatic carbocycles. The second kappa shape index (κ2) is 11.9. The van der Waals surface area contributed by atoms with Crippen molar-refractivity contribution in [2.75, 3.05) is 22.9 Å². The fourth-order valence-corrected chi connectivity index (χ4v) is 5.36. The van der Waals surface area contributed by atoms with Gasteiger partial charge in [-0.3, -0.25) is 9.10 Å². The molecule has 0 aromatic heterocycles. The van der Waals surface area contributed by atoms with Crippen molar-refractivity contribution < 1.29 is 17.9 Å². The molecule has 3 rings (SSSR count). The van der Waals surface area contributed by atoms with E-state index in [-0.39, 0.29) is 5.91 Å². The van der Waals surface area contributed by atoms with Crippen LogP contribution >= 0.6 is 11.8 Å². The Balaban J connectivity index is 1.56. The number of sulfonamides is 1. The third-order valence-corrected chi connectivity index (χ3v) is 7.37. The number of carbonyl (C=O) groups is 1. The van der Waals surface area contributed by atoms with Crippen LogP contribution in [0.3, 0.4) is 0 Å². The van der Waals surface area contributed by atoms with Crippen molar-refractivity contribution in [2.24, 2.45) is 0 Å². The van der Waals surface area contributed by atoms with Crippen molar-refractivity contribution in [3.8, 4) is 11.5 Å². The van der Waals surface area contributed by atoms with Crippen LogP contribution in [0.2, 0.25) is 0 Å². The average molecular weight is 499 g/mol. The molecule has 0 heterocycles. The van der Waals surface area contributed by atoms with E-state index < -0.39 is 16.1 Å². The number of hydrogen-bond acceptors (Lipinski definition) is 5. The molecule has 0 aliphatic rings. The van der Waals surface area contributed by atoms with E-state index in [1.54, 1.807) is 43.0 Å². The lowest BCUT2D eigenvalue weighted by molar-refractivity contribution is -0.121. The number of aryl methyl sites for hydroxylation is 1. The Morgan fingerprint density at radius 2 is 1.59 bits per heavy atom. The summed E-state index contributed by atoms with van der Waals surface area (Å²) in [4.78, 5) is 12.7. The van der Waals surface area contributed by atoms with E-state index in [1.165, 1.54) is 11.1 Å². The Bertz CT molecular complexity index is 1170. The number of carbonyl (C=O) groups excluding carboxylic acids is 1. The molecule has 1 N–H and O–H groups in total. The quantitative estimate of drug-likeness (QED) is 0.377. The third kappa shape index (κ3) is 7.53. The van der Waals surface area contributed by atoms with Crippen LogP contribution in [0, 0.1) is 6.92 Å². The van der Waals surface area contributed by atoms with Gasteiger partial charge in [-0.1, -0.05) is 48.0 Å². The molecule has 0 saturated carbocycles. The third-order valence-electron chi connectivity index (χ3n) is 5.09. The van der Waals surface area contributed by atoms with Crippen LogP contribution in [0.15, 0.2) is 78.9 Å². The van der Waals surface area contributed by atoms with Crippen molar-refractivity contribution >= 4 is 33.4 Å². The van der Waals surface area contributed by atoms with E-state index in [0.717, 1.165) is 22.1 Å². The van der Waals surface area contributed by atoms with Gasteiger partial charge in [-0.2, -0.15) is 11.8 Å². The molecule has 8 heteroatoms. The van der Waals surface area contributed by atoms with Crippen molar-refractivity contribution in [1.29, 1.82) is 0 Å². The van der Waals surface area contributed by atoms with Crippen molar-refractivity contribution in [3.63, 3.8) is 0 Å². The van der Waals surface area contributed by atoms with Gasteiger partial charge in [0.2, 0.25) is 15.9 Å². The molecule has 0 aliphatic heterocycles. The first-order valence-corrected chi connectivity index (χ1v) is 14.0. The zero-order chi connectivity index (χ0) is 24.6. The second-order valence-corrected chi connectivity index (χ2v) is 10.9. The molecule has 1 amide bonds. The number of rotatable bonds is 11. The summed E-state index contributed by atoms with van der Waals surface area (Å²) in [7, 11) is -3.68. The number of ether oxygens (including phenoxy) is 1. The zero-order valence-electron chi connectivity index (χ0n) is 19.6. The van der Waals surface area contributed by atoms with Crippen LogP contribution in [0.4, 0.5) is 5.69 Å². The fraction of sp³-hybridized carbons (Fsp3) is 0.269. The highest BCUT2D eigenvalue weighted by molar-refractivity contribution is 7.98. The molecule has 0 fully saturated rings. The topological polar surface area (TPSA) is 75.7 Å². The Morgan fingerprint density at radius 3 is 2.21 bits per heavy atom. The van der Waals surface area contributed by atoms with Gasteiger partial charge < -0.3 is 10.1 Å². The lowest BCUT2D eigenvalue weighted by Gasteiger charge is -2.28. The van der Waals surface area contributed by atoms with Crippen molar-refractivity contribution in [1.82, 2.24) is 5.32 Å². The molecule has 1 unspecified atom stereocenters. The molecule has 3 aromatic carbocycles. The van der Waals surface area contributed by atoms with Gasteiger partial charge in [-0.25, -0.2) is 8.42 Å². The van der Waals surface area contributed by atoms with E-state index in [4.69, 9.17) is 4.74 Å². The monoisotopic (exact) mass is 498 g/mol. The summed E-state index contributed by atoms with van der Waals surface area (Å²) in [5.74, 6) is 2.51. The van der Waals surface area contributed by atoms with Gasteiger partial charge in [0.05, 0.1) is 11.9 Å². The molecular weight excluding hydrogens is 468 g/mol. The number of thioether (sulfide) groups is 1. The number of benzene rings is 3. The van der Waals surface area contributed by atoms with E-state index in [2.05, 4.69) is 36.5 Å². The van der Waals surface area contributed by atoms with Gasteiger partial charge in [0.25, 0.3) is 0 Å². The van der Waals surface area contributed by atoms with Gasteiger partial charge in [0.1, 0.15) is 17.5 Å². The largest absolute Gasteiger partial charge is 0.457 e. The first-order chi connectivity index (χ1) is 16.2. The first-order valence-electron chi connectivity index (χ1n) is 11.0. The molecule has 0 saturated heterocycles. The van der Waals surface area contributed by atoms with E-state index in [9.17, 15) is 13.2 Å². The van der Waals surface area contributed by atoms with Crippen LogP contribution in [-0.4, -0.2) is 38.9 Å². The lowest BCUT2D eigenvalue weighted by atomic mass is 10.2. The molecule has 34 heavy (non-hydrogen) atoms. The zero-order valence-corrected chi connectivity index (χ0v) is 21.2. The number of amides is 1. The minimum absolute atomic E-state index is 0.342. The van der Waals surface area contributed by atoms with Gasteiger partial charge in [-0.15, -0.1) is 0 Å². The Kier molecular flexibility index (Phi) is 9.01. The lowest BCUT2D eigenvalue weighted by Crippen LogP contribution is -2.48. The van der Waals surface area contributed by atoms with Crippen molar-refractivity contribution in [2.45, 2.75) is 25.6 Å². The predicted octanol–water partition coefficient (Wildman–Crippen LogP) is 4.99. The Morgan fingerprint density at radius 1 is 0.971 bits per heavy atom. The Labute approximate surface area is 206 Å². The normalized spacial score (nSPS) is 12.1. The minimum Gasteiger partial charge on any atom is -0.457 e. The second-order valence-electron chi connectivity index (χ2n) is 7.97. The van der Waals surface area contributed by atoms with Gasteiger partial charge in [-0.05, 0) is 55.8 Å². The summed E-state index contributed by atoms with van der Waals surface area (Å²) in [5.41, 5.74) is 2.86. The van der Waals surface area contributed by atoms with Crippen LogP contribution in [-0.2, 0) is 20.6 Å². The van der Waals surface area contributed by atoms with Gasteiger partial charge in [0, 0.05) is 18.1 Å². The molecule has 3 aromatic rings. The standard InChI is InChI=1S/C26H30N2O4S2/c1-20-9-11-22(12-10-20)19-33-18-17-27-26(29)21(2)28(34(3,30)31)23-13-15-25(16-14-23)32-24-7-5-4-6-8-24/h4-16,21H,17-19H2,1-3H3,(H,27,29). The highest BCUT2D eigenvalue weighted by atomic mass is 32.2. The van der Waals surface area contributed by atoms with Gasteiger partial charge in [0.15, 0.2) is 0 Å². The molecule has 0 bridgehead atoms. The molecule has 0 radical (unpaired) electrons. The molecule has 180 valence electrons. The molecule has 6 nitrogen and oxygen atoms in total. The summed E-state index contributed by atoms with van der Waals surface area (Å²) in [6.07, 6.45) is 1.10. The maximum atomic E-state index is 12.7. The number of nitrogens with one attached hydrogen (secondary N) is 1. The summed E-state index contributed by atoms with van der Waals surface area (Å²) < 4.78 is 31.9. The summed E-state index contributed by atoms with van der Waals surface area (Å²) in [5, 5.41) is 2.85. The summed E-state index contributed by atoms with van der Waals surface area (Å²) >= 11 is 1.72. The van der Waals surface area contributed by atoms with Crippen LogP contribution in [0.1, 0.15) is 18.1 Å². The average Bonchev–Trinajstić information content (AvgIpc) is 2.81. The van der Waals surface area contributed by atoms with Crippen molar-refractivity contribution in [3.05, 3.63) is 90.0 Å². The van der Waals surface area contributed by atoms with E-state index in [0.29, 0.717) is 23.7 Å². The van der Waals surface area contributed by atoms with Crippen LogP contribution < -0.4 is 14.4 Å². The van der Waals surface area contributed by atoms with Gasteiger partial charge >= 0.3 is 0 Å². The highest BCUT2D eigenvalue weighted by Crippen LogP contribution is 2.27. The summed E-state index contributed by atoms with van der Waals surface area (Å²) in [6.45, 7) is 4.10. The summed E-state index contributed by atoms with van der Waals surface area (Å²) in [6, 6.07) is 23.4. The minimum atomic E-state index is -3.68. The van der Waals surface area contributed by atoms with E-state index >= 15 is 0 Å². The van der Waals surface area contributed by atoms with E-state index in [1.807, 2.05) is 30.3 Å². The number of anilines is 1. The number of hydrogen-bond donors (Lipinski definition) is 1. The van der Waals surface area contributed by atoms with Crippen LogP contribution in [0.25, 0.3) is 0 Å². The number of para-hydroxylation sites is 1. The first kappa shape index (κ1) is 25.6. The maximum Gasteiger partial charge on any atom is 0.243 e. The van der Waals surface area contributed by atoms with Crippen LogP contribution in [0.5, 0.6) is 11.5 Å². The highest BCUT2D eigenvalue weighted by Gasteiger charge is 2.28. The molecule has 0 spiro atoms. The Hall–Kier alpha value is -2.97. The number of nitrogens with zero attached hydrogens (tertiary/aromatic N) is 1. The molecule has 1 atom stereocenters. The molecular formula is C26H30N2O4S2. The fourth-order valence-electron chi connectivity index (χ4n) is 3.36. The predicted molar refractivity (Wildman–Crippen MR) is 140 cm³/mol. The maximum absolute atomic E-state index is 12.7. The smallest absolute Gasteiger partial charge is 0.243 e.